The maximum absolute atomic E-state index is 2.67. The summed E-state index contributed by atoms with van der Waals surface area (Å²) in [6, 6.07) is 45.4. The van der Waals surface area contributed by atoms with Crippen molar-refractivity contribution >= 4 is 0 Å². The SMILES string of the molecule is CC1(C)CCCC2C3CCc4ccccc4C3CCC21.CC1(C)CCC[C@@]2(C)C1CC[C@@]1(C)c3ccccc3CCC21.Cc1cc2c(cc1C)[C@]1(C)CCC3C(C)(C)CCC[C@]3(C)C1CC2.Cc1ccc2c(c1)CCC1[C@@]3(C)CCCC(C)(C)C3CC[C@@]21C.Cc1ccc2c(c1)[C@]1(C)CCC3C(C)(C)CCC[C@]3(C)C1CC2.Cc1cccc2c1CCC1C2(C)CCC2C(C)(C)CCCC21C. The summed E-state index contributed by atoms with van der Waals surface area (Å²) in [7, 11) is 0. The highest BCUT2D eigenvalue weighted by Crippen LogP contribution is 2.74. The van der Waals surface area contributed by atoms with Crippen LogP contribution in [0.3, 0.4) is 0 Å². The van der Waals surface area contributed by atoms with Crippen LogP contribution in [0.2, 0.25) is 0 Å². The van der Waals surface area contributed by atoms with Crippen molar-refractivity contribution in [3.63, 3.8) is 0 Å². The molecule has 6 aromatic rings. The maximum atomic E-state index is 2.67. The first kappa shape index (κ1) is 99.1. The van der Waals surface area contributed by atoms with Crippen LogP contribution >= 0.6 is 0 Å². The van der Waals surface area contributed by atoms with Crippen molar-refractivity contribution in [1.82, 2.24) is 0 Å². The van der Waals surface area contributed by atoms with Gasteiger partial charge in [0.15, 0.2) is 0 Å². The fourth-order valence-electron chi connectivity index (χ4n) is 43.0. The Balaban J connectivity index is 0.000000104. The van der Waals surface area contributed by atoms with Crippen LogP contribution in [0.5, 0.6) is 0 Å². The second-order valence-corrected chi connectivity index (χ2v) is 58.6. The first-order chi connectivity index (χ1) is 63.6. The summed E-state index contributed by atoms with van der Waals surface area (Å²) in [4.78, 5) is 0. The lowest BCUT2D eigenvalue weighted by molar-refractivity contribution is -0.110. The van der Waals surface area contributed by atoms with Gasteiger partial charge in [-0.3, -0.25) is 0 Å². The molecule has 16 unspecified atom stereocenters. The van der Waals surface area contributed by atoms with Gasteiger partial charge in [-0.05, 0) is 519 Å². The first-order valence-corrected chi connectivity index (χ1v) is 58.1. The summed E-state index contributed by atoms with van der Waals surface area (Å²) in [6.45, 7) is 68.4. The summed E-state index contributed by atoms with van der Waals surface area (Å²) < 4.78 is 0. The van der Waals surface area contributed by atoms with E-state index in [2.05, 4.69) is 302 Å². The van der Waals surface area contributed by atoms with E-state index < -0.39 is 0 Å². The summed E-state index contributed by atoms with van der Waals surface area (Å²) >= 11 is 0. The molecule has 738 valence electrons. The topological polar surface area (TPSA) is 0 Å². The lowest BCUT2D eigenvalue weighted by Gasteiger charge is -2.64. The summed E-state index contributed by atoms with van der Waals surface area (Å²) in [6.07, 6.45) is 59.6. The number of rotatable bonds is 0. The number of aryl methyl sites for hydroxylation is 10. The van der Waals surface area contributed by atoms with Gasteiger partial charge in [-0.2, -0.15) is 0 Å². The Labute approximate surface area is 830 Å². The van der Waals surface area contributed by atoms with E-state index in [1.54, 1.807) is 66.8 Å². The van der Waals surface area contributed by atoms with Gasteiger partial charge >= 0.3 is 0 Å². The molecule has 0 heteroatoms. The molecule has 6 aromatic carbocycles. The van der Waals surface area contributed by atoms with Crippen LogP contribution in [0.1, 0.15) is 484 Å². The zero-order valence-corrected chi connectivity index (χ0v) is 92.3. The van der Waals surface area contributed by atoms with E-state index in [1.165, 1.54) is 297 Å². The van der Waals surface area contributed by atoms with Crippen LogP contribution < -0.4 is 0 Å². The molecule has 0 nitrogen and oxygen atoms in total. The normalized spacial score (nSPS) is 41.1. The minimum absolute atomic E-state index is 0.407. The van der Waals surface area contributed by atoms with Gasteiger partial charge in [0.1, 0.15) is 0 Å². The minimum Gasteiger partial charge on any atom is -0.0620 e. The van der Waals surface area contributed by atoms with E-state index in [-0.39, 0.29) is 0 Å². The van der Waals surface area contributed by atoms with E-state index in [0.29, 0.717) is 86.6 Å². The van der Waals surface area contributed by atoms with Crippen molar-refractivity contribution in [2.24, 2.45) is 136 Å². The van der Waals surface area contributed by atoms with E-state index in [0.717, 1.165) is 82.9 Å². The molecule has 0 saturated heterocycles. The summed E-state index contributed by atoms with van der Waals surface area (Å²) in [5.74, 6) is 12.9. The second kappa shape index (κ2) is 35.4. The second-order valence-electron chi connectivity index (χ2n) is 58.6. The Hall–Kier alpha value is -4.68. The highest BCUT2D eigenvalue weighted by atomic mass is 14.7. The van der Waals surface area contributed by atoms with Gasteiger partial charge in [0.05, 0.1) is 0 Å². The van der Waals surface area contributed by atoms with Crippen molar-refractivity contribution in [3.8, 4) is 0 Å². The smallest absolute Gasteiger partial charge is 0.00387 e. The molecule has 24 rings (SSSR count). The zero-order valence-electron chi connectivity index (χ0n) is 92.3. The Bertz CT molecular complexity index is 5250. The van der Waals surface area contributed by atoms with Crippen LogP contribution in [0, 0.1) is 171 Å². The summed E-state index contributed by atoms with van der Waals surface area (Å²) in [5, 5.41) is 0. The largest absolute Gasteiger partial charge is 0.0620 e. The third-order valence-electron chi connectivity index (χ3n) is 49.1. The van der Waals surface area contributed by atoms with Crippen molar-refractivity contribution in [3.05, 3.63) is 210 Å². The minimum atomic E-state index is 0.407. The molecule has 18 aliphatic rings. The zero-order chi connectivity index (χ0) is 96.0. The standard InChI is InChI=1S/C24H36.3C23H34.C22H32.C20H28/c1-16-14-18-8-9-21-23(5,19(18)15-17(16)2)13-10-20-22(3,4)11-7-12-24(20,21)6;1-16-7-9-18-17(15-16)8-10-20-22(18,4)14-11-19-21(2,3)12-6-13-23(19,20)5;1-16-7-8-17-9-10-20-22(4,18(17)15-16)14-11-19-21(2,3)12-6-13-23(19,20)5;1-16-8-6-9-18-17(16)10-11-20-22(18,4)15-12-19-21(2,3)13-7-14-23(19,20)5;1-20(2)13-7-14-22(4)18(20)12-15-21(3)17-9-6-5-8-16(17)10-11-19(21)22;1-20(2)13-5-8-18-17-10-9-14-6-3-4-7-15(14)16(17)11-12-19(18)20/h14-15,20-21H,7-13H2,1-6H3;7,9,15,19-20H,6,8,10-14H2,1-5H3;7-8,15,19-20H,6,9-14H2,1-5H3;6,8-9,19-20H,7,10-15H2,1-5H3;5-6,8-9,18-19H,7,10-15H2,1-4H3;3-4,6-7,16-19H,5,8-13H2,1-2H3/t20?,21?,23-,24-;2*19?,20?,22-,23-;;18?,19?,21-,22-;/m000.0./s1. The highest BCUT2D eigenvalue weighted by molar-refractivity contribution is 5.49. The van der Waals surface area contributed by atoms with E-state index >= 15 is 0 Å². The maximum Gasteiger partial charge on any atom is -0.00387 e. The van der Waals surface area contributed by atoms with Gasteiger partial charge in [-0.1, -0.05) is 317 Å². The number of hydrogen-bond acceptors (Lipinski definition) is 0. The molecule has 0 bridgehead atoms. The van der Waals surface area contributed by atoms with E-state index in [1.807, 2.05) is 0 Å². The van der Waals surface area contributed by atoms with Crippen LogP contribution in [-0.2, 0) is 65.6 Å². The van der Waals surface area contributed by atoms with Crippen molar-refractivity contribution in [1.29, 1.82) is 0 Å². The predicted octanol–water partition coefficient (Wildman–Crippen LogP) is 37.8. The molecule has 0 radical (unpaired) electrons. The molecule has 0 aromatic heterocycles. The molecule has 12 saturated carbocycles. The van der Waals surface area contributed by atoms with Gasteiger partial charge < -0.3 is 0 Å². The monoisotopic (exact) mass is 1820 g/mol. The molecule has 0 spiro atoms. The molecule has 24 atom stereocenters. The molecular formula is C135H198. The fourth-order valence-corrected chi connectivity index (χ4v) is 43.0. The van der Waals surface area contributed by atoms with Gasteiger partial charge in [0.25, 0.3) is 0 Å². The molecular weight excluding hydrogens is 1620 g/mol. The van der Waals surface area contributed by atoms with Crippen LogP contribution in [-0.4, -0.2) is 0 Å². The first-order valence-electron chi connectivity index (χ1n) is 58.1. The third kappa shape index (κ3) is 16.4. The Kier molecular flexibility index (Phi) is 26.0. The van der Waals surface area contributed by atoms with Gasteiger partial charge in [-0.25, -0.2) is 0 Å². The van der Waals surface area contributed by atoms with Crippen LogP contribution in [0.25, 0.3) is 0 Å². The predicted molar refractivity (Wildman–Crippen MR) is 579 cm³/mol. The number of benzene rings is 6. The molecule has 18 aliphatic carbocycles. The lowest BCUT2D eigenvalue weighted by atomic mass is 9.40. The molecule has 0 aliphatic heterocycles. The fraction of sp³-hybridized carbons (Fsp3) is 0.733. The Morgan fingerprint density at radius 1 is 0.207 bits per heavy atom. The van der Waals surface area contributed by atoms with Crippen molar-refractivity contribution in [2.75, 3.05) is 0 Å². The Morgan fingerprint density at radius 2 is 0.556 bits per heavy atom. The van der Waals surface area contributed by atoms with Crippen LogP contribution in [0.4, 0.5) is 0 Å². The molecule has 135 heavy (non-hydrogen) atoms. The van der Waals surface area contributed by atoms with Gasteiger partial charge in [-0.15, -0.1) is 0 Å². The van der Waals surface area contributed by atoms with Gasteiger partial charge in [0.2, 0.25) is 0 Å². The van der Waals surface area contributed by atoms with Crippen molar-refractivity contribution in [2.45, 2.75) is 490 Å². The highest BCUT2D eigenvalue weighted by Gasteiger charge is 2.66. The summed E-state index contributed by atoms with van der Waals surface area (Å²) in [5.41, 5.74) is 35.7. The molecule has 12 fully saturated rings. The van der Waals surface area contributed by atoms with E-state index in [4.69, 9.17) is 0 Å². The number of fused-ring (bicyclic) bond motifs is 30. The number of hydrogen-bond donors (Lipinski definition) is 0. The van der Waals surface area contributed by atoms with Gasteiger partial charge in [0, 0.05) is 0 Å². The van der Waals surface area contributed by atoms with Crippen LogP contribution in [0.15, 0.2) is 115 Å². The van der Waals surface area contributed by atoms with Crippen molar-refractivity contribution < 1.29 is 0 Å². The molecule has 0 heterocycles. The average Bonchev–Trinajstić information content (AvgIpc) is 0.705. The quantitative estimate of drug-likeness (QED) is 0.142. The molecule has 0 amide bonds. The average molecular weight is 1820 g/mol. The van der Waals surface area contributed by atoms with E-state index in [9.17, 15) is 0 Å². The lowest BCUT2D eigenvalue weighted by Crippen LogP contribution is -2.57. The Morgan fingerprint density at radius 3 is 1.03 bits per heavy atom. The molecule has 0 N–H and O–H groups in total. The third-order valence-corrected chi connectivity index (χ3v) is 49.1.